The Bertz CT molecular complexity index is 1000. The largest absolute Gasteiger partial charge is 0.291 e. The first-order chi connectivity index (χ1) is 14.4. The van der Waals surface area contributed by atoms with E-state index in [9.17, 15) is 18.0 Å². The van der Waals surface area contributed by atoms with Gasteiger partial charge in [0.1, 0.15) is 0 Å². The van der Waals surface area contributed by atoms with Crippen molar-refractivity contribution >= 4 is 21.8 Å². The molecule has 0 bridgehead atoms. The van der Waals surface area contributed by atoms with Gasteiger partial charge in [0, 0.05) is 19.1 Å². The molecule has 2 aromatic rings. The summed E-state index contributed by atoms with van der Waals surface area (Å²) in [4.78, 5) is 28.9. The number of imide groups is 1. The van der Waals surface area contributed by atoms with Gasteiger partial charge in [-0.15, -0.1) is 0 Å². The molecule has 158 valence electrons. The van der Waals surface area contributed by atoms with E-state index >= 15 is 0 Å². The molecule has 4 rings (SSSR count). The second-order valence-electron chi connectivity index (χ2n) is 7.77. The maximum atomic E-state index is 12.9. The number of carbonyl (C=O) groups excluding carboxylic acids is 2. The molecule has 0 spiro atoms. The van der Waals surface area contributed by atoms with E-state index in [-0.39, 0.29) is 29.2 Å². The molecule has 0 aliphatic carbocycles. The third-order valence-corrected chi connectivity index (χ3v) is 7.29. The third kappa shape index (κ3) is 4.45. The molecule has 2 aliphatic rings. The lowest BCUT2D eigenvalue weighted by Crippen LogP contribution is -2.50. The van der Waals surface area contributed by atoms with Crippen molar-refractivity contribution in [2.75, 3.05) is 13.1 Å². The number of amides is 2. The first kappa shape index (κ1) is 20.7. The van der Waals surface area contributed by atoms with Crippen LogP contribution in [0, 0.1) is 0 Å². The Morgan fingerprint density at radius 2 is 1.50 bits per heavy atom. The predicted octanol–water partition coefficient (Wildman–Crippen LogP) is 1.76. The molecule has 30 heavy (non-hydrogen) atoms. The van der Waals surface area contributed by atoms with Crippen LogP contribution in [0.4, 0.5) is 0 Å². The normalized spacial score (nSPS) is 21.3. The van der Waals surface area contributed by atoms with Crippen LogP contribution in [0.3, 0.4) is 0 Å². The van der Waals surface area contributed by atoms with Crippen molar-refractivity contribution in [3.05, 3.63) is 66.2 Å². The van der Waals surface area contributed by atoms with Gasteiger partial charge in [-0.2, -0.15) is 0 Å². The molecule has 8 heteroatoms. The molecule has 1 N–H and O–H groups in total. The first-order valence-corrected chi connectivity index (χ1v) is 11.6. The van der Waals surface area contributed by atoms with Crippen LogP contribution in [0.15, 0.2) is 65.6 Å². The first-order valence-electron chi connectivity index (χ1n) is 10.1. The Morgan fingerprint density at radius 3 is 2.13 bits per heavy atom. The van der Waals surface area contributed by atoms with E-state index in [4.69, 9.17) is 0 Å². The highest BCUT2D eigenvalue weighted by Crippen LogP contribution is 2.24. The number of nitrogens with zero attached hydrogens (tertiary/aromatic N) is 2. The fourth-order valence-electron chi connectivity index (χ4n) is 4.10. The van der Waals surface area contributed by atoms with Crippen molar-refractivity contribution in [3.63, 3.8) is 0 Å². The average Bonchev–Trinajstić information content (AvgIpc) is 3.04. The summed E-state index contributed by atoms with van der Waals surface area (Å²) in [6.45, 7) is 1.44. The number of carbonyl (C=O) groups is 2. The number of piperidine rings is 1. The van der Waals surface area contributed by atoms with Crippen LogP contribution in [0.5, 0.6) is 0 Å². The van der Waals surface area contributed by atoms with Crippen molar-refractivity contribution in [2.45, 2.75) is 42.8 Å². The summed E-state index contributed by atoms with van der Waals surface area (Å²) in [5.41, 5.74) is 0.925. The number of hydrogen-bond acceptors (Lipinski definition) is 5. The molecule has 7 nitrogen and oxygen atoms in total. The second kappa shape index (κ2) is 8.67. The molecule has 0 radical (unpaired) electrons. The molecular weight excluding hydrogens is 402 g/mol. The van der Waals surface area contributed by atoms with Crippen LogP contribution >= 0.6 is 0 Å². The SMILES string of the molecule is O=C1C[C@H](N2CCC(NS(=O)(=O)c3ccccc3)CC2)C(=O)N1Cc1ccccc1. The molecule has 0 unspecified atom stereocenters. The van der Waals surface area contributed by atoms with Gasteiger partial charge in [0.15, 0.2) is 0 Å². The van der Waals surface area contributed by atoms with E-state index in [0.29, 0.717) is 32.5 Å². The van der Waals surface area contributed by atoms with E-state index in [1.165, 1.54) is 4.90 Å². The smallest absolute Gasteiger partial charge is 0.247 e. The molecule has 2 aliphatic heterocycles. The van der Waals surface area contributed by atoms with Crippen LogP contribution in [0.1, 0.15) is 24.8 Å². The maximum Gasteiger partial charge on any atom is 0.247 e. The molecule has 2 amide bonds. The molecule has 0 aromatic heterocycles. The Labute approximate surface area is 176 Å². The Morgan fingerprint density at radius 1 is 0.900 bits per heavy atom. The number of nitrogens with one attached hydrogen (secondary N) is 1. The van der Waals surface area contributed by atoms with Gasteiger partial charge in [0.2, 0.25) is 21.8 Å². The Kier molecular flexibility index (Phi) is 5.99. The van der Waals surface area contributed by atoms with Crippen molar-refractivity contribution < 1.29 is 18.0 Å². The van der Waals surface area contributed by atoms with Crippen LogP contribution in [-0.2, 0) is 26.2 Å². The Balaban J connectivity index is 1.34. The highest BCUT2D eigenvalue weighted by Gasteiger charge is 2.42. The van der Waals surface area contributed by atoms with Crippen LogP contribution in [-0.4, -0.2) is 55.2 Å². The zero-order valence-electron chi connectivity index (χ0n) is 16.6. The standard InChI is InChI=1S/C22H25N3O4S/c26-21-15-20(22(27)25(21)16-17-7-3-1-4-8-17)24-13-11-18(12-14-24)23-30(28,29)19-9-5-2-6-10-19/h1-10,18,20,23H,11-16H2/t20-/m0/s1. The maximum absolute atomic E-state index is 12.9. The van der Waals surface area contributed by atoms with Gasteiger partial charge in [-0.1, -0.05) is 48.5 Å². The van der Waals surface area contributed by atoms with Gasteiger partial charge < -0.3 is 0 Å². The molecule has 1 atom stereocenters. The number of rotatable bonds is 6. The van der Waals surface area contributed by atoms with Gasteiger partial charge >= 0.3 is 0 Å². The fourth-order valence-corrected chi connectivity index (χ4v) is 5.43. The summed E-state index contributed by atoms with van der Waals surface area (Å²) in [5.74, 6) is -0.312. The van der Waals surface area contributed by atoms with E-state index in [2.05, 4.69) is 4.72 Å². The Hall–Kier alpha value is -2.55. The summed E-state index contributed by atoms with van der Waals surface area (Å²) in [5, 5.41) is 0. The number of hydrogen-bond donors (Lipinski definition) is 1. The highest BCUT2D eigenvalue weighted by atomic mass is 32.2. The van der Waals surface area contributed by atoms with E-state index in [0.717, 1.165) is 5.56 Å². The quantitative estimate of drug-likeness (QED) is 0.710. The number of likely N-dealkylation sites (tertiary alicyclic amines) is 2. The van der Waals surface area contributed by atoms with Gasteiger partial charge in [0.05, 0.1) is 23.9 Å². The topological polar surface area (TPSA) is 86.8 Å². The number of sulfonamides is 1. The molecule has 2 saturated heterocycles. The second-order valence-corrected chi connectivity index (χ2v) is 9.48. The van der Waals surface area contributed by atoms with E-state index in [1.54, 1.807) is 30.3 Å². The van der Waals surface area contributed by atoms with E-state index in [1.807, 2.05) is 35.2 Å². The summed E-state index contributed by atoms with van der Waals surface area (Å²) in [6, 6.07) is 17.2. The summed E-state index contributed by atoms with van der Waals surface area (Å²) >= 11 is 0. The minimum Gasteiger partial charge on any atom is -0.291 e. The lowest BCUT2D eigenvalue weighted by molar-refractivity contribution is -0.140. The van der Waals surface area contributed by atoms with Crippen molar-refractivity contribution in [2.24, 2.45) is 0 Å². The summed E-state index contributed by atoms with van der Waals surface area (Å²) in [6.07, 6.45) is 1.39. The van der Waals surface area contributed by atoms with Crippen LogP contribution in [0.2, 0.25) is 0 Å². The zero-order chi connectivity index (χ0) is 21.1. The molecule has 0 saturated carbocycles. The van der Waals surface area contributed by atoms with Gasteiger partial charge in [-0.25, -0.2) is 13.1 Å². The summed E-state index contributed by atoms with van der Waals surface area (Å²) in [7, 11) is -3.56. The van der Waals surface area contributed by atoms with Crippen molar-refractivity contribution in [3.8, 4) is 0 Å². The summed E-state index contributed by atoms with van der Waals surface area (Å²) < 4.78 is 27.8. The van der Waals surface area contributed by atoms with Gasteiger partial charge in [-0.3, -0.25) is 19.4 Å². The minimum absolute atomic E-state index is 0.152. The fraction of sp³-hybridized carbons (Fsp3) is 0.364. The highest BCUT2D eigenvalue weighted by molar-refractivity contribution is 7.89. The number of benzene rings is 2. The van der Waals surface area contributed by atoms with Crippen LogP contribution in [0.25, 0.3) is 0 Å². The molecular formula is C22H25N3O4S. The van der Waals surface area contributed by atoms with Crippen molar-refractivity contribution in [1.82, 2.24) is 14.5 Å². The average molecular weight is 428 g/mol. The van der Waals surface area contributed by atoms with E-state index < -0.39 is 16.1 Å². The third-order valence-electron chi connectivity index (χ3n) is 5.75. The zero-order valence-corrected chi connectivity index (χ0v) is 17.4. The lowest BCUT2D eigenvalue weighted by Gasteiger charge is -2.34. The predicted molar refractivity (Wildman–Crippen MR) is 112 cm³/mol. The molecule has 2 heterocycles. The monoisotopic (exact) mass is 427 g/mol. The molecule has 2 aromatic carbocycles. The van der Waals surface area contributed by atoms with Crippen LogP contribution < -0.4 is 4.72 Å². The van der Waals surface area contributed by atoms with Gasteiger partial charge in [-0.05, 0) is 30.5 Å². The minimum atomic E-state index is -3.56. The van der Waals surface area contributed by atoms with Gasteiger partial charge in [0.25, 0.3) is 0 Å². The molecule has 2 fully saturated rings. The van der Waals surface area contributed by atoms with Crippen molar-refractivity contribution in [1.29, 1.82) is 0 Å². The lowest BCUT2D eigenvalue weighted by atomic mass is 10.0.